The predicted octanol–water partition coefficient (Wildman–Crippen LogP) is 1.59. The fourth-order valence-corrected chi connectivity index (χ4v) is 2.17. The fraction of sp³-hybridized carbons (Fsp3) is 0.333. The summed E-state index contributed by atoms with van der Waals surface area (Å²) in [6, 6.07) is 3.60. The summed E-state index contributed by atoms with van der Waals surface area (Å²) in [6.07, 6.45) is 0.911. The molecule has 0 fully saturated rings. The van der Waals surface area contributed by atoms with Crippen molar-refractivity contribution in [3.05, 3.63) is 40.1 Å². The molecule has 6 heteroatoms. The van der Waals surface area contributed by atoms with Gasteiger partial charge in [-0.2, -0.15) is 0 Å². The van der Waals surface area contributed by atoms with Crippen LogP contribution in [0.2, 0.25) is 0 Å². The van der Waals surface area contributed by atoms with Crippen LogP contribution in [0.15, 0.2) is 23.0 Å². The third kappa shape index (κ3) is 3.41. The molecule has 2 heterocycles. The quantitative estimate of drug-likeness (QED) is 0.615. The first-order valence-corrected chi connectivity index (χ1v) is 6.58. The topological polar surface area (TPSA) is 67.0 Å². The van der Waals surface area contributed by atoms with Gasteiger partial charge in [-0.25, -0.2) is 9.78 Å². The van der Waals surface area contributed by atoms with Crippen LogP contribution in [-0.4, -0.2) is 29.6 Å². The van der Waals surface area contributed by atoms with Crippen LogP contribution in [0.1, 0.15) is 21.9 Å². The van der Waals surface area contributed by atoms with E-state index in [0.717, 1.165) is 24.4 Å². The highest BCUT2D eigenvalue weighted by molar-refractivity contribution is 7.07. The molecular formula is C12H15N3O2S. The molecule has 2 aromatic rings. The van der Waals surface area contributed by atoms with Crippen molar-refractivity contribution in [2.75, 3.05) is 13.7 Å². The van der Waals surface area contributed by atoms with Crippen molar-refractivity contribution in [2.45, 2.75) is 13.0 Å². The lowest BCUT2D eigenvalue weighted by molar-refractivity contribution is 0.0594. The standard InChI is InChI=1S/C12H15N3O2S/c1-17-12(16)11-3-2-9(15-11)6-13-5-4-10-7-18-8-14-10/h2-3,7-8,13,15H,4-6H2,1H3. The van der Waals surface area contributed by atoms with Gasteiger partial charge in [0.05, 0.1) is 18.3 Å². The lowest BCUT2D eigenvalue weighted by Gasteiger charge is -2.01. The van der Waals surface area contributed by atoms with E-state index in [2.05, 4.69) is 20.0 Å². The Bertz CT molecular complexity index is 493. The Morgan fingerprint density at radius 2 is 2.44 bits per heavy atom. The number of methoxy groups -OCH3 is 1. The summed E-state index contributed by atoms with van der Waals surface area (Å²) in [5, 5.41) is 5.34. The first-order valence-electron chi connectivity index (χ1n) is 5.63. The van der Waals surface area contributed by atoms with Crippen molar-refractivity contribution in [2.24, 2.45) is 0 Å². The zero-order chi connectivity index (χ0) is 12.8. The van der Waals surface area contributed by atoms with Crippen LogP contribution in [0.4, 0.5) is 0 Å². The van der Waals surface area contributed by atoms with E-state index < -0.39 is 0 Å². The van der Waals surface area contributed by atoms with Gasteiger partial charge in [0.2, 0.25) is 0 Å². The Labute approximate surface area is 109 Å². The van der Waals surface area contributed by atoms with Crippen LogP contribution in [0.5, 0.6) is 0 Å². The maximum absolute atomic E-state index is 11.2. The average Bonchev–Trinajstić information content (AvgIpc) is 3.05. The van der Waals surface area contributed by atoms with E-state index in [1.165, 1.54) is 7.11 Å². The smallest absolute Gasteiger partial charge is 0.354 e. The average molecular weight is 265 g/mol. The predicted molar refractivity (Wildman–Crippen MR) is 69.7 cm³/mol. The van der Waals surface area contributed by atoms with E-state index in [4.69, 9.17) is 0 Å². The van der Waals surface area contributed by atoms with Gasteiger partial charge in [0, 0.05) is 30.6 Å². The van der Waals surface area contributed by atoms with Gasteiger partial charge in [0.1, 0.15) is 5.69 Å². The summed E-state index contributed by atoms with van der Waals surface area (Å²) in [5.74, 6) is -0.344. The number of nitrogens with one attached hydrogen (secondary N) is 2. The Morgan fingerprint density at radius 3 is 3.17 bits per heavy atom. The number of hydrogen-bond donors (Lipinski definition) is 2. The molecule has 0 bridgehead atoms. The van der Waals surface area contributed by atoms with Crippen molar-refractivity contribution in [3.63, 3.8) is 0 Å². The van der Waals surface area contributed by atoms with E-state index in [-0.39, 0.29) is 5.97 Å². The molecule has 0 unspecified atom stereocenters. The molecule has 0 spiro atoms. The molecule has 0 aliphatic carbocycles. The van der Waals surface area contributed by atoms with Crippen molar-refractivity contribution >= 4 is 17.3 Å². The number of carbonyl (C=O) groups is 1. The molecule has 0 aliphatic heterocycles. The van der Waals surface area contributed by atoms with Crippen LogP contribution < -0.4 is 5.32 Å². The molecule has 0 aromatic carbocycles. The van der Waals surface area contributed by atoms with Gasteiger partial charge in [-0.3, -0.25) is 0 Å². The fourth-order valence-electron chi connectivity index (χ4n) is 1.57. The van der Waals surface area contributed by atoms with Crippen LogP contribution in [0.3, 0.4) is 0 Å². The van der Waals surface area contributed by atoms with E-state index in [0.29, 0.717) is 12.2 Å². The summed E-state index contributed by atoms with van der Waals surface area (Å²) >= 11 is 1.61. The van der Waals surface area contributed by atoms with E-state index in [1.807, 2.05) is 17.0 Å². The molecule has 0 amide bonds. The highest BCUT2D eigenvalue weighted by Gasteiger charge is 2.07. The van der Waals surface area contributed by atoms with Gasteiger partial charge in [-0.15, -0.1) is 11.3 Å². The number of rotatable bonds is 6. The van der Waals surface area contributed by atoms with Crippen LogP contribution in [-0.2, 0) is 17.7 Å². The summed E-state index contributed by atoms with van der Waals surface area (Å²) < 4.78 is 4.63. The summed E-state index contributed by atoms with van der Waals surface area (Å²) in [5.41, 5.74) is 4.39. The van der Waals surface area contributed by atoms with Crippen molar-refractivity contribution < 1.29 is 9.53 Å². The minimum Gasteiger partial charge on any atom is -0.464 e. The van der Waals surface area contributed by atoms with E-state index in [1.54, 1.807) is 17.4 Å². The van der Waals surface area contributed by atoms with Gasteiger partial charge < -0.3 is 15.0 Å². The first-order chi connectivity index (χ1) is 8.79. The third-order valence-electron chi connectivity index (χ3n) is 2.51. The zero-order valence-electron chi connectivity index (χ0n) is 10.1. The van der Waals surface area contributed by atoms with Gasteiger partial charge >= 0.3 is 5.97 Å². The molecule has 96 valence electrons. The van der Waals surface area contributed by atoms with Gasteiger partial charge in [0.15, 0.2) is 0 Å². The molecule has 0 atom stereocenters. The van der Waals surface area contributed by atoms with Crippen LogP contribution in [0, 0.1) is 0 Å². The Morgan fingerprint density at radius 1 is 1.56 bits per heavy atom. The maximum Gasteiger partial charge on any atom is 0.354 e. The van der Waals surface area contributed by atoms with Crippen molar-refractivity contribution in [3.8, 4) is 0 Å². The number of ether oxygens (including phenoxy) is 1. The van der Waals surface area contributed by atoms with Gasteiger partial charge in [-0.1, -0.05) is 0 Å². The number of thiazole rings is 1. The molecule has 0 saturated heterocycles. The normalized spacial score (nSPS) is 10.5. The number of esters is 1. The number of nitrogens with zero attached hydrogens (tertiary/aromatic N) is 1. The largest absolute Gasteiger partial charge is 0.464 e. The second-order valence-electron chi connectivity index (χ2n) is 3.80. The molecular weight excluding hydrogens is 250 g/mol. The van der Waals surface area contributed by atoms with Gasteiger partial charge in [-0.05, 0) is 12.1 Å². The number of H-pyrrole nitrogens is 1. The Kier molecular flexibility index (Phi) is 4.49. The second-order valence-corrected chi connectivity index (χ2v) is 4.51. The molecule has 0 aliphatic rings. The lowest BCUT2D eigenvalue weighted by atomic mass is 10.3. The molecule has 5 nitrogen and oxygen atoms in total. The van der Waals surface area contributed by atoms with Crippen molar-refractivity contribution in [1.29, 1.82) is 0 Å². The van der Waals surface area contributed by atoms with Crippen LogP contribution >= 0.6 is 11.3 Å². The Balaban J connectivity index is 1.73. The number of carbonyl (C=O) groups excluding carboxylic acids is 1. The van der Waals surface area contributed by atoms with Crippen LogP contribution in [0.25, 0.3) is 0 Å². The van der Waals surface area contributed by atoms with E-state index in [9.17, 15) is 4.79 Å². The maximum atomic E-state index is 11.2. The monoisotopic (exact) mass is 265 g/mol. The highest BCUT2D eigenvalue weighted by atomic mass is 32.1. The molecule has 2 rings (SSSR count). The molecule has 18 heavy (non-hydrogen) atoms. The molecule has 0 saturated carbocycles. The minimum atomic E-state index is -0.344. The molecule has 2 N–H and O–H groups in total. The molecule has 2 aromatic heterocycles. The third-order valence-corrected chi connectivity index (χ3v) is 3.14. The Hall–Kier alpha value is -1.66. The first kappa shape index (κ1) is 12.8. The van der Waals surface area contributed by atoms with Gasteiger partial charge in [0.25, 0.3) is 0 Å². The summed E-state index contributed by atoms with van der Waals surface area (Å²) in [7, 11) is 1.37. The second kappa shape index (κ2) is 6.32. The summed E-state index contributed by atoms with van der Waals surface area (Å²) in [6.45, 7) is 1.55. The molecule has 0 radical (unpaired) electrons. The minimum absolute atomic E-state index is 0.344. The zero-order valence-corrected chi connectivity index (χ0v) is 10.9. The van der Waals surface area contributed by atoms with E-state index >= 15 is 0 Å². The number of hydrogen-bond acceptors (Lipinski definition) is 5. The van der Waals surface area contributed by atoms with Crippen molar-refractivity contribution in [1.82, 2.24) is 15.3 Å². The highest BCUT2D eigenvalue weighted by Crippen LogP contribution is 2.04. The number of aromatic amines is 1. The lowest BCUT2D eigenvalue weighted by Crippen LogP contribution is -2.17. The SMILES string of the molecule is COC(=O)c1ccc(CNCCc2cscn2)[nH]1. The number of aromatic nitrogens is 2. The summed E-state index contributed by atoms with van der Waals surface area (Å²) in [4.78, 5) is 18.4.